The summed E-state index contributed by atoms with van der Waals surface area (Å²) in [5.74, 6) is 0.433. The normalized spacial score (nSPS) is 22.5. The van der Waals surface area contributed by atoms with Gasteiger partial charge in [-0.2, -0.15) is 0 Å². The lowest BCUT2D eigenvalue weighted by molar-refractivity contribution is 0.0201. The first-order valence-electron chi connectivity index (χ1n) is 6.79. The molecule has 1 fully saturated rings. The first-order valence-corrected chi connectivity index (χ1v) is 6.79. The topological polar surface area (TPSA) is 51.2 Å². The number of rotatable bonds is 10. The van der Waals surface area contributed by atoms with Gasteiger partial charge in [0.1, 0.15) is 0 Å². The van der Waals surface area contributed by atoms with Crippen molar-refractivity contribution in [1.82, 2.24) is 4.90 Å². The van der Waals surface area contributed by atoms with Gasteiger partial charge in [-0.1, -0.05) is 0 Å². The Hall–Kier alpha value is -0.200. The average Bonchev–Trinajstić information content (AvgIpc) is 2.81. The largest absolute Gasteiger partial charge is 0.393 e. The summed E-state index contributed by atoms with van der Waals surface area (Å²) < 4.78 is 15.7. The Kier molecular flexibility index (Phi) is 8.54. The molecule has 1 heterocycles. The van der Waals surface area contributed by atoms with Gasteiger partial charge in [-0.25, -0.2) is 0 Å². The Balaban J connectivity index is 1.87. The van der Waals surface area contributed by atoms with Crippen LogP contribution in [0, 0.1) is 5.92 Å². The second-order valence-electron chi connectivity index (χ2n) is 4.81. The van der Waals surface area contributed by atoms with Crippen LogP contribution in [0.5, 0.6) is 0 Å². The van der Waals surface area contributed by atoms with Crippen molar-refractivity contribution in [3.8, 4) is 0 Å². The molecule has 108 valence electrons. The minimum Gasteiger partial charge on any atom is -0.393 e. The van der Waals surface area contributed by atoms with E-state index < -0.39 is 0 Å². The molecule has 1 N–H and O–H groups in total. The van der Waals surface area contributed by atoms with Crippen molar-refractivity contribution < 1.29 is 19.3 Å². The van der Waals surface area contributed by atoms with Gasteiger partial charge in [0.05, 0.1) is 39.1 Å². The molecule has 0 amide bonds. The number of aliphatic hydroxyl groups is 1. The van der Waals surface area contributed by atoms with Crippen LogP contribution in [0.4, 0.5) is 0 Å². The first-order chi connectivity index (χ1) is 8.74. The number of ether oxygens (including phenoxy) is 3. The summed E-state index contributed by atoms with van der Waals surface area (Å²) in [5, 5.41) is 9.50. The van der Waals surface area contributed by atoms with Crippen LogP contribution in [0.2, 0.25) is 0 Å². The summed E-state index contributed by atoms with van der Waals surface area (Å²) >= 11 is 0. The molecule has 0 bridgehead atoms. The summed E-state index contributed by atoms with van der Waals surface area (Å²) in [6.07, 6.45) is 0.905. The van der Waals surface area contributed by atoms with E-state index in [4.69, 9.17) is 14.2 Å². The van der Waals surface area contributed by atoms with Crippen LogP contribution in [-0.2, 0) is 14.2 Å². The molecule has 5 nitrogen and oxygen atoms in total. The van der Waals surface area contributed by atoms with Gasteiger partial charge in [-0.15, -0.1) is 0 Å². The zero-order chi connectivity index (χ0) is 13.2. The molecule has 1 rings (SSSR count). The standard InChI is InChI=1S/C13H27NO4/c1-12(15)13-3-4-14(11-13)5-6-17-9-10-18-8-7-16-2/h12-13,15H,3-11H2,1-2H3. The van der Waals surface area contributed by atoms with Crippen LogP contribution in [-0.4, -0.2) is 75.9 Å². The smallest absolute Gasteiger partial charge is 0.0701 e. The third kappa shape index (κ3) is 6.66. The van der Waals surface area contributed by atoms with Crippen molar-refractivity contribution >= 4 is 0 Å². The Bertz CT molecular complexity index is 201. The second-order valence-corrected chi connectivity index (χ2v) is 4.81. The molecule has 18 heavy (non-hydrogen) atoms. The van der Waals surface area contributed by atoms with Gasteiger partial charge in [-0.3, -0.25) is 0 Å². The lowest BCUT2D eigenvalue weighted by Crippen LogP contribution is -2.27. The van der Waals surface area contributed by atoms with Crippen molar-refractivity contribution in [3.05, 3.63) is 0 Å². The van der Waals surface area contributed by atoms with Gasteiger partial charge in [0, 0.05) is 20.2 Å². The summed E-state index contributed by atoms with van der Waals surface area (Å²) in [5.41, 5.74) is 0. The molecule has 0 aromatic carbocycles. The average molecular weight is 261 g/mol. The van der Waals surface area contributed by atoms with E-state index in [1.54, 1.807) is 7.11 Å². The molecule has 0 radical (unpaired) electrons. The maximum atomic E-state index is 9.50. The Morgan fingerprint density at radius 2 is 1.83 bits per heavy atom. The maximum Gasteiger partial charge on any atom is 0.0701 e. The van der Waals surface area contributed by atoms with Crippen molar-refractivity contribution in [2.24, 2.45) is 5.92 Å². The van der Waals surface area contributed by atoms with E-state index >= 15 is 0 Å². The van der Waals surface area contributed by atoms with Gasteiger partial charge < -0.3 is 24.2 Å². The van der Waals surface area contributed by atoms with Crippen molar-refractivity contribution in [1.29, 1.82) is 0 Å². The summed E-state index contributed by atoms with van der Waals surface area (Å²) in [6.45, 7) is 8.14. The zero-order valence-corrected chi connectivity index (χ0v) is 11.6. The Morgan fingerprint density at radius 1 is 1.17 bits per heavy atom. The van der Waals surface area contributed by atoms with Crippen LogP contribution in [0.3, 0.4) is 0 Å². The fraction of sp³-hybridized carbons (Fsp3) is 1.00. The molecular formula is C13H27NO4. The molecule has 0 saturated carbocycles. The van der Waals surface area contributed by atoms with Gasteiger partial charge in [0.15, 0.2) is 0 Å². The predicted octanol–water partition coefficient (Wildman–Crippen LogP) is 0.369. The van der Waals surface area contributed by atoms with E-state index in [9.17, 15) is 5.11 Å². The monoisotopic (exact) mass is 261 g/mol. The fourth-order valence-corrected chi connectivity index (χ4v) is 2.12. The number of hydrogen-bond acceptors (Lipinski definition) is 5. The zero-order valence-electron chi connectivity index (χ0n) is 11.6. The molecule has 2 unspecified atom stereocenters. The lowest BCUT2D eigenvalue weighted by atomic mass is 10.0. The highest BCUT2D eigenvalue weighted by atomic mass is 16.5. The molecule has 1 aliphatic rings. The molecule has 1 aliphatic heterocycles. The minimum absolute atomic E-state index is 0.190. The number of nitrogens with zero attached hydrogens (tertiary/aromatic N) is 1. The van der Waals surface area contributed by atoms with E-state index in [0.29, 0.717) is 32.3 Å². The third-order valence-corrected chi connectivity index (χ3v) is 3.35. The molecule has 1 saturated heterocycles. The highest BCUT2D eigenvalue weighted by Crippen LogP contribution is 2.18. The SMILES string of the molecule is COCCOCCOCCN1CCC(C(C)O)C1. The summed E-state index contributed by atoms with van der Waals surface area (Å²) in [4.78, 5) is 2.35. The van der Waals surface area contributed by atoms with Crippen molar-refractivity contribution in [2.75, 3.05) is 59.8 Å². The highest BCUT2D eigenvalue weighted by Gasteiger charge is 2.25. The van der Waals surface area contributed by atoms with Gasteiger partial charge >= 0.3 is 0 Å². The summed E-state index contributed by atoms with van der Waals surface area (Å²) in [7, 11) is 1.66. The molecule has 0 spiro atoms. The third-order valence-electron chi connectivity index (χ3n) is 3.35. The molecule has 2 atom stereocenters. The maximum absolute atomic E-state index is 9.50. The van der Waals surface area contributed by atoms with Gasteiger partial charge in [0.25, 0.3) is 0 Å². The quantitative estimate of drug-likeness (QED) is 0.576. The number of methoxy groups -OCH3 is 1. The molecule has 0 aromatic rings. The number of aliphatic hydroxyl groups excluding tert-OH is 1. The van der Waals surface area contributed by atoms with Crippen molar-refractivity contribution in [2.45, 2.75) is 19.4 Å². The molecule has 0 aromatic heterocycles. The molecule has 5 heteroatoms. The van der Waals surface area contributed by atoms with E-state index in [-0.39, 0.29) is 6.10 Å². The van der Waals surface area contributed by atoms with Crippen molar-refractivity contribution in [3.63, 3.8) is 0 Å². The van der Waals surface area contributed by atoms with Gasteiger partial charge in [0.2, 0.25) is 0 Å². The Morgan fingerprint density at radius 3 is 2.44 bits per heavy atom. The predicted molar refractivity (Wildman–Crippen MR) is 69.7 cm³/mol. The first kappa shape index (κ1) is 15.9. The van der Waals surface area contributed by atoms with Crippen LogP contribution in [0.15, 0.2) is 0 Å². The Labute approximate surface area is 110 Å². The van der Waals surface area contributed by atoms with E-state index in [1.165, 1.54) is 0 Å². The summed E-state index contributed by atoms with van der Waals surface area (Å²) in [6, 6.07) is 0. The van der Waals surface area contributed by atoms with Gasteiger partial charge in [-0.05, 0) is 25.8 Å². The van der Waals surface area contributed by atoms with E-state index in [0.717, 1.165) is 32.7 Å². The van der Waals surface area contributed by atoms with E-state index in [1.807, 2.05) is 6.92 Å². The van der Waals surface area contributed by atoms with Crippen LogP contribution in [0.1, 0.15) is 13.3 Å². The minimum atomic E-state index is -0.190. The number of likely N-dealkylation sites (tertiary alicyclic amines) is 1. The van der Waals surface area contributed by atoms with Crippen LogP contribution >= 0.6 is 0 Å². The lowest BCUT2D eigenvalue weighted by Gasteiger charge is -2.17. The van der Waals surface area contributed by atoms with E-state index in [2.05, 4.69) is 4.90 Å². The number of hydrogen-bond donors (Lipinski definition) is 1. The molecular weight excluding hydrogens is 234 g/mol. The fourth-order valence-electron chi connectivity index (χ4n) is 2.12. The van der Waals surface area contributed by atoms with Crippen LogP contribution < -0.4 is 0 Å². The van der Waals surface area contributed by atoms with Crippen LogP contribution in [0.25, 0.3) is 0 Å². The highest BCUT2D eigenvalue weighted by molar-refractivity contribution is 4.78. The molecule has 0 aliphatic carbocycles. The second kappa shape index (κ2) is 9.69.